The molecule has 5 heteroatoms. The molecule has 1 heterocycles. The second kappa shape index (κ2) is 6.99. The van der Waals surface area contributed by atoms with E-state index in [4.69, 9.17) is 0 Å². The monoisotopic (exact) mass is 262 g/mol. The Balaban J connectivity index is 1.77. The van der Waals surface area contributed by atoms with Gasteiger partial charge in [-0.2, -0.15) is 0 Å². The maximum absolute atomic E-state index is 12.9. The lowest BCUT2D eigenvalue weighted by Crippen LogP contribution is -2.23. The van der Waals surface area contributed by atoms with Crippen molar-refractivity contribution in [1.82, 2.24) is 20.3 Å². The number of benzene rings is 1. The van der Waals surface area contributed by atoms with Gasteiger partial charge in [0.1, 0.15) is 5.82 Å². The van der Waals surface area contributed by atoms with Gasteiger partial charge in [-0.3, -0.25) is 4.68 Å². The van der Waals surface area contributed by atoms with Crippen molar-refractivity contribution in [1.29, 1.82) is 0 Å². The van der Waals surface area contributed by atoms with Gasteiger partial charge in [0.15, 0.2) is 0 Å². The Morgan fingerprint density at radius 2 is 2.11 bits per heavy atom. The van der Waals surface area contributed by atoms with Gasteiger partial charge >= 0.3 is 0 Å². The number of aryl methyl sites for hydroxylation is 1. The molecule has 0 aliphatic rings. The van der Waals surface area contributed by atoms with Gasteiger partial charge in [0, 0.05) is 18.8 Å². The van der Waals surface area contributed by atoms with Crippen molar-refractivity contribution >= 4 is 0 Å². The summed E-state index contributed by atoms with van der Waals surface area (Å²) in [6.07, 6.45) is 5.51. The van der Waals surface area contributed by atoms with E-state index in [0.29, 0.717) is 0 Å². The van der Waals surface area contributed by atoms with E-state index < -0.39 is 0 Å². The third-order valence-corrected chi connectivity index (χ3v) is 3.11. The van der Waals surface area contributed by atoms with Gasteiger partial charge in [-0.15, -0.1) is 5.10 Å². The molecule has 4 nitrogen and oxygen atoms in total. The fourth-order valence-electron chi connectivity index (χ4n) is 2.06. The fraction of sp³-hybridized carbons (Fsp3) is 0.429. The molecule has 0 aliphatic carbocycles. The molecular formula is C14H19FN4. The molecule has 1 unspecified atom stereocenters. The predicted octanol–water partition coefficient (Wildman–Crippen LogP) is 2.55. The average molecular weight is 262 g/mol. The first-order chi connectivity index (χ1) is 9.29. The summed E-state index contributed by atoms with van der Waals surface area (Å²) < 4.78 is 14.7. The molecule has 0 spiro atoms. The van der Waals surface area contributed by atoms with Crippen LogP contribution < -0.4 is 5.32 Å². The molecule has 1 atom stereocenters. The molecule has 2 aromatic rings. The van der Waals surface area contributed by atoms with Crippen molar-refractivity contribution in [2.45, 2.75) is 32.4 Å². The van der Waals surface area contributed by atoms with Crippen LogP contribution in [0.2, 0.25) is 0 Å². The molecule has 1 N–H and O–H groups in total. The second-order valence-electron chi connectivity index (χ2n) is 4.49. The van der Waals surface area contributed by atoms with E-state index >= 15 is 0 Å². The summed E-state index contributed by atoms with van der Waals surface area (Å²) in [5.41, 5.74) is 1.13. The van der Waals surface area contributed by atoms with Crippen LogP contribution in [0.4, 0.5) is 4.39 Å². The summed E-state index contributed by atoms with van der Waals surface area (Å²) in [4.78, 5) is 0. The summed E-state index contributed by atoms with van der Waals surface area (Å²) in [5, 5.41) is 11.2. The van der Waals surface area contributed by atoms with E-state index in [1.165, 1.54) is 12.1 Å². The van der Waals surface area contributed by atoms with E-state index in [0.717, 1.165) is 31.5 Å². The maximum Gasteiger partial charge on any atom is 0.123 e. The standard InChI is InChI=1S/C14H19FN4/c1-2-14(12-4-6-13(15)7-5-12)16-8-3-10-19-11-9-17-18-19/h4-7,9,11,14,16H,2-3,8,10H2,1H3. The molecule has 0 saturated heterocycles. The Morgan fingerprint density at radius 3 is 2.74 bits per heavy atom. The van der Waals surface area contributed by atoms with Gasteiger partial charge in [0.2, 0.25) is 0 Å². The smallest absolute Gasteiger partial charge is 0.123 e. The topological polar surface area (TPSA) is 42.7 Å². The molecule has 1 aromatic heterocycles. The molecule has 0 bridgehead atoms. The maximum atomic E-state index is 12.9. The van der Waals surface area contributed by atoms with Gasteiger partial charge in [-0.1, -0.05) is 24.3 Å². The van der Waals surface area contributed by atoms with Crippen LogP contribution in [0.5, 0.6) is 0 Å². The largest absolute Gasteiger partial charge is 0.310 e. The van der Waals surface area contributed by atoms with Crippen molar-refractivity contribution in [3.8, 4) is 0 Å². The molecule has 102 valence electrons. The highest BCUT2D eigenvalue weighted by Crippen LogP contribution is 2.16. The zero-order valence-electron chi connectivity index (χ0n) is 11.1. The normalized spacial score (nSPS) is 12.5. The Hall–Kier alpha value is -1.75. The van der Waals surface area contributed by atoms with E-state index in [1.54, 1.807) is 6.20 Å². The summed E-state index contributed by atoms with van der Waals surface area (Å²) in [6.45, 7) is 3.88. The zero-order valence-corrected chi connectivity index (χ0v) is 11.1. The third kappa shape index (κ3) is 4.13. The van der Waals surface area contributed by atoms with Gasteiger partial charge < -0.3 is 5.32 Å². The molecule has 2 rings (SSSR count). The van der Waals surface area contributed by atoms with Gasteiger partial charge in [-0.25, -0.2) is 4.39 Å². The zero-order chi connectivity index (χ0) is 13.5. The van der Waals surface area contributed by atoms with Crippen LogP contribution in [0.15, 0.2) is 36.7 Å². The SMILES string of the molecule is CCC(NCCCn1ccnn1)c1ccc(F)cc1. The van der Waals surface area contributed by atoms with Crippen molar-refractivity contribution < 1.29 is 4.39 Å². The number of aromatic nitrogens is 3. The Morgan fingerprint density at radius 1 is 1.32 bits per heavy atom. The summed E-state index contributed by atoms with van der Waals surface area (Å²) in [6, 6.07) is 6.97. The molecule has 0 aliphatic heterocycles. The van der Waals surface area contributed by atoms with Crippen LogP contribution in [-0.2, 0) is 6.54 Å². The molecule has 0 fully saturated rings. The lowest BCUT2D eigenvalue weighted by Gasteiger charge is -2.17. The Labute approximate surface area is 112 Å². The van der Waals surface area contributed by atoms with Crippen LogP contribution in [0, 0.1) is 5.82 Å². The average Bonchev–Trinajstić information content (AvgIpc) is 2.93. The minimum atomic E-state index is -0.190. The van der Waals surface area contributed by atoms with Crippen molar-refractivity contribution in [2.24, 2.45) is 0 Å². The number of halogens is 1. The van der Waals surface area contributed by atoms with E-state index in [1.807, 2.05) is 23.0 Å². The Bertz CT molecular complexity index is 467. The number of hydrogen-bond donors (Lipinski definition) is 1. The first-order valence-electron chi connectivity index (χ1n) is 6.62. The van der Waals surface area contributed by atoms with Gasteiger partial charge in [0.05, 0.1) is 6.20 Å². The molecule has 19 heavy (non-hydrogen) atoms. The highest BCUT2D eigenvalue weighted by Gasteiger charge is 2.08. The molecule has 0 amide bonds. The first-order valence-corrected chi connectivity index (χ1v) is 6.62. The second-order valence-corrected chi connectivity index (χ2v) is 4.49. The van der Waals surface area contributed by atoms with Crippen LogP contribution in [0.1, 0.15) is 31.4 Å². The van der Waals surface area contributed by atoms with Crippen LogP contribution in [-0.4, -0.2) is 21.5 Å². The highest BCUT2D eigenvalue weighted by molar-refractivity contribution is 5.19. The molecule has 0 radical (unpaired) electrons. The van der Waals surface area contributed by atoms with Crippen molar-refractivity contribution in [3.63, 3.8) is 0 Å². The molecule has 1 aromatic carbocycles. The minimum absolute atomic E-state index is 0.190. The van der Waals surface area contributed by atoms with Gasteiger partial charge in [0.25, 0.3) is 0 Å². The van der Waals surface area contributed by atoms with Crippen LogP contribution in [0.25, 0.3) is 0 Å². The fourth-order valence-corrected chi connectivity index (χ4v) is 2.06. The lowest BCUT2D eigenvalue weighted by atomic mass is 10.0. The van der Waals surface area contributed by atoms with E-state index in [-0.39, 0.29) is 11.9 Å². The molecule has 0 saturated carbocycles. The summed E-state index contributed by atoms with van der Waals surface area (Å²) in [7, 11) is 0. The summed E-state index contributed by atoms with van der Waals surface area (Å²) in [5.74, 6) is -0.190. The Kier molecular flexibility index (Phi) is 5.03. The number of rotatable bonds is 7. The van der Waals surface area contributed by atoms with Crippen molar-refractivity contribution in [2.75, 3.05) is 6.54 Å². The van der Waals surface area contributed by atoms with E-state index in [9.17, 15) is 4.39 Å². The third-order valence-electron chi connectivity index (χ3n) is 3.11. The van der Waals surface area contributed by atoms with Crippen LogP contribution in [0.3, 0.4) is 0 Å². The lowest BCUT2D eigenvalue weighted by molar-refractivity contribution is 0.474. The van der Waals surface area contributed by atoms with Crippen LogP contribution >= 0.6 is 0 Å². The van der Waals surface area contributed by atoms with Gasteiger partial charge in [-0.05, 0) is 37.1 Å². The number of nitrogens with one attached hydrogen (secondary N) is 1. The molecular weight excluding hydrogens is 243 g/mol. The summed E-state index contributed by atoms with van der Waals surface area (Å²) >= 11 is 0. The van der Waals surface area contributed by atoms with E-state index in [2.05, 4.69) is 22.6 Å². The number of hydrogen-bond acceptors (Lipinski definition) is 3. The predicted molar refractivity (Wildman–Crippen MR) is 72.1 cm³/mol. The highest BCUT2D eigenvalue weighted by atomic mass is 19.1. The van der Waals surface area contributed by atoms with Crippen molar-refractivity contribution in [3.05, 3.63) is 48.0 Å². The quantitative estimate of drug-likeness (QED) is 0.780. The minimum Gasteiger partial charge on any atom is -0.310 e. The number of nitrogens with zero attached hydrogens (tertiary/aromatic N) is 3. The first kappa shape index (κ1) is 13.7.